The van der Waals surface area contributed by atoms with E-state index in [4.69, 9.17) is 10.2 Å². The van der Waals surface area contributed by atoms with Gasteiger partial charge in [-0.15, -0.1) is 11.8 Å². The highest BCUT2D eigenvalue weighted by Crippen LogP contribution is 2.19. The van der Waals surface area contributed by atoms with E-state index >= 15 is 0 Å². The van der Waals surface area contributed by atoms with Crippen molar-refractivity contribution in [2.75, 3.05) is 12.4 Å². The summed E-state index contributed by atoms with van der Waals surface area (Å²) >= 11 is 1.73. The van der Waals surface area contributed by atoms with Crippen LogP contribution in [0.3, 0.4) is 0 Å². The van der Waals surface area contributed by atoms with Crippen molar-refractivity contribution in [3.05, 3.63) is 29.8 Å². The van der Waals surface area contributed by atoms with E-state index in [0.29, 0.717) is 0 Å². The third-order valence-electron chi connectivity index (χ3n) is 2.10. The SMILES string of the molecule is O=C(O)Cc1ccc(SCCCCO)cc1. The van der Waals surface area contributed by atoms with E-state index < -0.39 is 5.97 Å². The lowest BCUT2D eigenvalue weighted by Crippen LogP contribution is -1.99. The summed E-state index contributed by atoms with van der Waals surface area (Å²) in [6.45, 7) is 0.248. The molecule has 0 spiro atoms. The summed E-state index contributed by atoms with van der Waals surface area (Å²) in [4.78, 5) is 11.6. The molecule has 0 unspecified atom stereocenters. The predicted molar refractivity (Wildman–Crippen MR) is 64.8 cm³/mol. The van der Waals surface area contributed by atoms with Gasteiger partial charge in [0.05, 0.1) is 6.42 Å². The van der Waals surface area contributed by atoms with Gasteiger partial charge in [0.1, 0.15) is 0 Å². The molecule has 0 amide bonds. The fourth-order valence-corrected chi connectivity index (χ4v) is 2.19. The number of aliphatic hydroxyl groups is 1. The lowest BCUT2D eigenvalue weighted by molar-refractivity contribution is -0.136. The Kier molecular flexibility index (Phi) is 5.96. The van der Waals surface area contributed by atoms with Crippen LogP contribution in [-0.4, -0.2) is 28.5 Å². The van der Waals surface area contributed by atoms with Gasteiger partial charge in [0, 0.05) is 11.5 Å². The summed E-state index contributed by atoms with van der Waals surface area (Å²) in [6.07, 6.45) is 1.91. The number of thioether (sulfide) groups is 1. The van der Waals surface area contributed by atoms with Gasteiger partial charge in [-0.1, -0.05) is 12.1 Å². The van der Waals surface area contributed by atoms with Gasteiger partial charge in [-0.25, -0.2) is 0 Å². The number of rotatable bonds is 7. The van der Waals surface area contributed by atoms with Crippen molar-refractivity contribution < 1.29 is 15.0 Å². The maximum atomic E-state index is 10.5. The van der Waals surface area contributed by atoms with E-state index in [1.54, 1.807) is 11.8 Å². The maximum absolute atomic E-state index is 10.5. The molecule has 0 bridgehead atoms. The van der Waals surface area contributed by atoms with E-state index in [0.717, 1.165) is 29.1 Å². The van der Waals surface area contributed by atoms with E-state index in [2.05, 4.69) is 0 Å². The standard InChI is InChI=1S/C12H16O3S/c13-7-1-2-8-16-11-5-3-10(4-6-11)9-12(14)15/h3-6,13H,1-2,7-9H2,(H,14,15). The van der Waals surface area contributed by atoms with Gasteiger partial charge in [0.25, 0.3) is 0 Å². The first-order valence-corrected chi connectivity index (χ1v) is 6.25. The Balaban J connectivity index is 2.36. The van der Waals surface area contributed by atoms with Gasteiger partial charge < -0.3 is 10.2 Å². The minimum Gasteiger partial charge on any atom is -0.481 e. The Labute approximate surface area is 99.5 Å². The van der Waals surface area contributed by atoms with Gasteiger partial charge in [0.2, 0.25) is 0 Å². The van der Waals surface area contributed by atoms with E-state index in [1.807, 2.05) is 24.3 Å². The molecule has 1 rings (SSSR count). The molecule has 16 heavy (non-hydrogen) atoms. The number of aliphatic carboxylic acids is 1. The summed E-state index contributed by atoms with van der Waals surface area (Å²) in [5.41, 5.74) is 0.826. The number of carboxylic acid groups (broad SMARTS) is 1. The number of carboxylic acids is 1. The van der Waals surface area contributed by atoms with Crippen molar-refractivity contribution >= 4 is 17.7 Å². The molecule has 0 heterocycles. The van der Waals surface area contributed by atoms with Crippen LogP contribution >= 0.6 is 11.8 Å². The second-order valence-electron chi connectivity index (χ2n) is 3.49. The summed E-state index contributed by atoms with van der Waals surface area (Å²) in [6, 6.07) is 7.59. The minimum atomic E-state index is -0.802. The largest absolute Gasteiger partial charge is 0.481 e. The van der Waals surface area contributed by atoms with Gasteiger partial charge >= 0.3 is 5.97 Å². The third kappa shape index (κ3) is 5.19. The third-order valence-corrected chi connectivity index (χ3v) is 3.20. The van der Waals surface area contributed by atoms with Gasteiger partial charge in [-0.3, -0.25) is 4.79 Å². The van der Waals surface area contributed by atoms with Crippen LogP contribution in [0, 0.1) is 0 Å². The Hall–Kier alpha value is -1.00. The Morgan fingerprint density at radius 2 is 1.88 bits per heavy atom. The smallest absolute Gasteiger partial charge is 0.307 e. The van der Waals surface area contributed by atoms with Crippen LogP contribution in [-0.2, 0) is 11.2 Å². The lowest BCUT2D eigenvalue weighted by Gasteiger charge is -2.02. The highest BCUT2D eigenvalue weighted by molar-refractivity contribution is 7.99. The van der Waals surface area contributed by atoms with Gasteiger partial charge in [0.15, 0.2) is 0 Å². The van der Waals surface area contributed by atoms with Crippen molar-refractivity contribution in [2.45, 2.75) is 24.2 Å². The Bertz CT molecular complexity index is 322. The molecule has 0 aliphatic carbocycles. The molecule has 2 N–H and O–H groups in total. The van der Waals surface area contributed by atoms with E-state index in [1.165, 1.54) is 0 Å². The summed E-state index contributed by atoms with van der Waals surface area (Å²) in [5, 5.41) is 17.2. The number of unbranched alkanes of at least 4 members (excludes halogenated alkanes) is 1. The van der Waals surface area contributed by atoms with E-state index in [-0.39, 0.29) is 13.0 Å². The van der Waals surface area contributed by atoms with E-state index in [9.17, 15) is 4.79 Å². The molecule has 0 atom stereocenters. The molecule has 0 saturated heterocycles. The molecular weight excluding hydrogens is 224 g/mol. The molecule has 0 aliphatic heterocycles. The number of benzene rings is 1. The fourth-order valence-electron chi connectivity index (χ4n) is 1.28. The first-order chi connectivity index (χ1) is 7.72. The van der Waals surface area contributed by atoms with Gasteiger partial charge in [-0.2, -0.15) is 0 Å². The number of carbonyl (C=O) groups is 1. The second-order valence-corrected chi connectivity index (χ2v) is 4.66. The average Bonchev–Trinajstić information content (AvgIpc) is 2.26. The summed E-state index contributed by atoms with van der Waals surface area (Å²) < 4.78 is 0. The average molecular weight is 240 g/mol. The van der Waals surface area contributed by atoms with Crippen LogP contribution in [0.4, 0.5) is 0 Å². The van der Waals surface area contributed by atoms with Crippen LogP contribution in [0.2, 0.25) is 0 Å². The molecule has 1 aromatic carbocycles. The molecule has 4 heteroatoms. The molecule has 0 fully saturated rings. The molecule has 0 aromatic heterocycles. The quantitative estimate of drug-likeness (QED) is 0.566. The maximum Gasteiger partial charge on any atom is 0.307 e. The molecule has 3 nitrogen and oxygen atoms in total. The van der Waals surface area contributed by atoms with Crippen LogP contribution in [0.25, 0.3) is 0 Å². The number of hydrogen-bond acceptors (Lipinski definition) is 3. The molecule has 0 saturated carbocycles. The molecule has 88 valence electrons. The van der Waals surface area contributed by atoms with Gasteiger partial charge in [-0.05, 0) is 36.3 Å². The zero-order chi connectivity index (χ0) is 11.8. The normalized spacial score (nSPS) is 10.3. The first kappa shape index (κ1) is 13.1. The number of hydrogen-bond donors (Lipinski definition) is 2. The number of aliphatic hydroxyl groups excluding tert-OH is 1. The minimum absolute atomic E-state index is 0.0788. The molecule has 0 radical (unpaired) electrons. The topological polar surface area (TPSA) is 57.5 Å². The van der Waals surface area contributed by atoms with Crippen molar-refractivity contribution in [2.24, 2.45) is 0 Å². The van der Waals surface area contributed by atoms with Crippen molar-refractivity contribution in [3.63, 3.8) is 0 Å². The zero-order valence-electron chi connectivity index (χ0n) is 9.06. The van der Waals surface area contributed by atoms with Crippen LogP contribution in [0.15, 0.2) is 29.2 Å². The summed E-state index contributed by atoms with van der Waals surface area (Å²) in [5.74, 6) is 0.183. The zero-order valence-corrected chi connectivity index (χ0v) is 9.87. The van der Waals surface area contributed by atoms with Crippen molar-refractivity contribution in [1.82, 2.24) is 0 Å². The Morgan fingerprint density at radius 3 is 2.44 bits per heavy atom. The van der Waals surface area contributed by atoms with Crippen LogP contribution < -0.4 is 0 Å². The Morgan fingerprint density at radius 1 is 1.19 bits per heavy atom. The molecule has 1 aromatic rings. The lowest BCUT2D eigenvalue weighted by atomic mass is 10.2. The highest BCUT2D eigenvalue weighted by atomic mass is 32.2. The van der Waals surface area contributed by atoms with Crippen LogP contribution in [0.5, 0.6) is 0 Å². The fraction of sp³-hybridized carbons (Fsp3) is 0.417. The summed E-state index contributed by atoms with van der Waals surface area (Å²) in [7, 11) is 0. The highest BCUT2D eigenvalue weighted by Gasteiger charge is 2.00. The predicted octanol–water partition coefficient (Wildman–Crippen LogP) is 2.18. The monoisotopic (exact) mass is 240 g/mol. The van der Waals surface area contributed by atoms with Crippen LogP contribution in [0.1, 0.15) is 18.4 Å². The molecular formula is C12H16O3S. The molecule has 0 aliphatic rings. The van der Waals surface area contributed by atoms with Crippen molar-refractivity contribution in [3.8, 4) is 0 Å². The second kappa shape index (κ2) is 7.30. The first-order valence-electron chi connectivity index (χ1n) is 5.27. The van der Waals surface area contributed by atoms with Crippen molar-refractivity contribution in [1.29, 1.82) is 0 Å².